The Bertz CT molecular complexity index is 812. The van der Waals surface area contributed by atoms with Crippen LogP contribution in [-0.4, -0.2) is 15.2 Å². The zero-order chi connectivity index (χ0) is 16.1. The minimum atomic E-state index is -0.255. The van der Waals surface area contributed by atoms with Crippen LogP contribution in [0, 0.1) is 5.82 Å². The van der Waals surface area contributed by atoms with Gasteiger partial charge in [-0.15, -0.1) is 5.10 Å². The van der Waals surface area contributed by atoms with Crippen LogP contribution >= 0.6 is 15.9 Å². The van der Waals surface area contributed by atoms with E-state index in [0.717, 1.165) is 10.2 Å². The molecule has 2 aromatic carbocycles. The van der Waals surface area contributed by atoms with E-state index < -0.39 is 0 Å². The van der Waals surface area contributed by atoms with Crippen LogP contribution < -0.4 is 10.6 Å². The maximum Gasteiger partial charge on any atom is 0.249 e. The summed E-state index contributed by atoms with van der Waals surface area (Å²) in [6.45, 7) is 0.321. The van der Waals surface area contributed by atoms with Crippen molar-refractivity contribution >= 4 is 33.4 Å². The van der Waals surface area contributed by atoms with Crippen LogP contribution in [0.5, 0.6) is 0 Å². The lowest BCUT2D eigenvalue weighted by molar-refractivity contribution is 0.613. The van der Waals surface area contributed by atoms with E-state index in [9.17, 15) is 4.39 Å². The molecule has 0 unspecified atom stereocenters. The Balaban J connectivity index is 1.69. The van der Waals surface area contributed by atoms with Crippen molar-refractivity contribution in [2.75, 3.05) is 10.6 Å². The van der Waals surface area contributed by atoms with Gasteiger partial charge in [0, 0.05) is 22.3 Å². The summed E-state index contributed by atoms with van der Waals surface area (Å²) >= 11 is 3.40. The number of halogens is 2. The van der Waals surface area contributed by atoms with Crippen molar-refractivity contribution in [3.8, 4) is 0 Å². The average Bonchev–Trinajstić information content (AvgIpc) is 2.54. The first kappa shape index (κ1) is 15.4. The number of anilines is 3. The van der Waals surface area contributed by atoms with E-state index in [1.165, 1.54) is 12.3 Å². The van der Waals surface area contributed by atoms with Gasteiger partial charge < -0.3 is 10.6 Å². The van der Waals surface area contributed by atoms with Crippen LogP contribution in [-0.2, 0) is 6.54 Å². The van der Waals surface area contributed by atoms with Gasteiger partial charge in [-0.3, -0.25) is 0 Å². The van der Waals surface area contributed by atoms with Crippen LogP contribution in [0.25, 0.3) is 0 Å². The molecule has 0 aliphatic carbocycles. The first-order valence-electron chi connectivity index (χ1n) is 6.90. The maximum atomic E-state index is 13.6. The van der Waals surface area contributed by atoms with Gasteiger partial charge >= 0.3 is 0 Å². The van der Waals surface area contributed by atoms with E-state index in [0.29, 0.717) is 23.9 Å². The first-order valence-corrected chi connectivity index (χ1v) is 7.69. The molecule has 7 heteroatoms. The molecule has 23 heavy (non-hydrogen) atoms. The van der Waals surface area contributed by atoms with Gasteiger partial charge in [0.05, 0.1) is 6.20 Å². The standard InChI is InChI=1S/C16H13BrFN5/c17-12-5-3-6-13(8-12)21-16-22-15(10-20-23-16)19-9-11-4-1-2-7-14(11)18/h1-8,10H,9H2,(H2,19,21,22,23). The lowest BCUT2D eigenvalue weighted by atomic mass is 10.2. The Hall–Kier alpha value is -2.54. The average molecular weight is 374 g/mol. The van der Waals surface area contributed by atoms with Crippen molar-refractivity contribution in [1.29, 1.82) is 0 Å². The van der Waals surface area contributed by atoms with E-state index in [-0.39, 0.29) is 5.82 Å². The van der Waals surface area contributed by atoms with Crippen LogP contribution in [0.15, 0.2) is 59.2 Å². The highest BCUT2D eigenvalue weighted by atomic mass is 79.9. The van der Waals surface area contributed by atoms with E-state index in [1.807, 2.05) is 24.3 Å². The number of nitrogens with zero attached hydrogens (tertiary/aromatic N) is 3. The minimum absolute atomic E-state index is 0.255. The normalized spacial score (nSPS) is 10.3. The van der Waals surface area contributed by atoms with Gasteiger partial charge in [0.1, 0.15) is 5.82 Å². The molecule has 0 spiro atoms. The third-order valence-corrected chi connectivity index (χ3v) is 3.55. The second-order valence-electron chi connectivity index (χ2n) is 4.75. The number of hydrogen-bond donors (Lipinski definition) is 2. The van der Waals surface area contributed by atoms with E-state index >= 15 is 0 Å². The van der Waals surface area contributed by atoms with Gasteiger partial charge in [-0.05, 0) is 24.3 Å². The summed E-state index contributed by atoms with van der Waals surface area (Å²) < 4.78 is 14.5. The van der Waals surface area contributed by atoms with Gasteiger partial charge in [0.2, 0.25) is 5.95 Å². The summed E-state index contributed by atoms with van der Waals surface area (Å²) in [6.07, 6.45) is 1.49. The highest BCUT2D eigenvalue weighted by Crippen LogP contribution is 2.18. The van der Waals surface area contributed by atoms with Crippen molar-refractivity contribution in [2.24, 2.45) is 0 Å². The predicted octanol–water partition coefficient (Wildman–Crippen LogP) is 4.13. The molecule has 0 aliphatic rings. The minimum Gasteiger partial charge on any atom is -0.364 e. The zero-order valence-corrected chi connectivity index (χ0v) is 13.6. The predicted molar refractivity (Wildman–Crippen MR) is 91.0 cm³/mol. The van der Waals surface area contributed by atoms with Gasteiger partial charge in [0.25, 0.3) is 0 Å². The highest BCUT2D eigenvalue weighted by molar-refractivity contribution is 9.10. The summed E-state index contributed by atoms with van der Waals surface area (Å²) in [6, 6.07) is 14.2. The molecule has 5 nitrogen and oxygen atoms in total. The zero-order valence-electron chi connectivity index (χ0n) is 12.0. The molecule has 0 saturated heterocycles. The van der Waals surface area contributed by atoms with Gasteiger partial charge in [0.15, 0.2) is 5.82 Å². The number of rotatable bonds is 5. The fourth-order valence-electron chi connectivity index (χ4n) is 1.96. The molecule has 0 aliphatic heterocycles. The summed E-state index contributed by atoms with van der Waals surface area (Å²) in [5.41, 5.74) is 1.40. The molecule has 0 amide bonds. The SMILES string of the molecule is Fc1ccccc1CNc1cnnc(Nc2cccc(Br)c2)n1. The second-order valence-corrected chi connectivity index (χ2v) is 5.66. The fourth-order valence-corrected chi connectivity index (χ4v) is 2.36. The molecular weight excluding hydrogens is 361 g/mol. The molecule has 1 aromatic heterocycles. The van der Waals surface area contributed by atoms with E-state index in [4.69, 9.17) is 0 Å². The number of aromatic nitrogens is 3. The summed E-state index contributed by atoms with van der Waals surface area (Å²) in [5.74, 6) is 0.622. The fraction of sp³-hybridized carbons (Fsp3) is 0.0625. The molecule has 116 valence electrons. The number of hydrogen-bond acceptors (Lipinski definition) is 5. The molecule has 0 atom stereocenters. The Morgan fingerprint density at radius 2 is 1.96 bits per heavy atom. The quantitative estimate of drug-likeness (QED) is 0.703. The summed E-state index contributed by atoms with van der Waals surface area (Å²) in [7, 11) is 0. The Kier molecular flexibility index (Phi) is 4.77. The Morgan fingerprint density at radius 1 is 1.09 bits per heavy atom. The molecule has 0 saturated carbocycles. The molecule has 1 heterocycles. The monoisotopic (exact) mass is 373 g/mol. The third-order valence-electron chi connectivity index (χ3n) is 3.06. The van der Waals surface area contributed by atoms with E-state index in [1.54, 1.807) is 18.2 Å². The number of nitrogens with one attached hydrogen (secondary N) is 2. The maximum absolute atomic E-state index is 13.6. The van der Waals surface area contributed by atoms with Crippen molar-refractivity contribution in [3.63, 3.8) is 0 Å². The number of benzene rings is 2. The third kappa shape index (κ3) is 4.23. The topological polar surface area (TPSA) is 62.7 Å². The lowest BCUT2D eigenvalue weighted by Gasteiger charge is -2.08. The summed E-state index contributed by atoms with van der Waals surface area (Å²) in [5, 5.41) is 13.9. The smallest absolute Gasteiger partial charge is 0.249 e. The molecule has 3 aromatic rings. The van der Waals surface area contributed by atoms with Crippen molar-refractivity contribution in [2.45, 2.75) is 6.54 Å². The molecule has 2 N–H and O–H groups in total. The molecule has 0 radical (unpaired) electrons. The van der Waals surface area contributed by atoms with Crippen LogP contribution in [0.3, 0.4) is 0 Å². The molecular formula is C16H13BrFN5. The molecule has 0 fully saturated rings. The van der Waals surface area contributed by atoms with Crippen molar-refractivity contribution < 1.29 is 4.39 Å². The van der Waals surface area contributed by atoms with Crippen LogP contribution in [0.2, 0.25) is 0 Å². The van der Waals surface area contributed by atoms with E-state index in [2.05, 4.69) is 41.7 Å². The van der Waals surface area contributed by atoms with Crippen molar-refractivity contribution in [3.05, 3.63) is 70.6 Å². The van der Waals surface area contributed by atoms with Crippen LogP contribution in [0.4, 0.5) is 21.8 Å². The van der Waals surface area contributed by atoms with Gasteiger partial charge in [-0.25, -0.2) is 4.39 Å². The summed E-state index contributed by atoms with van der Waals surface area (Å²) in [4.78, 5) is 4.31. The lowest BCUT2D eigenvalue weighted by Crippen LogP contribution is -2.06. The second kappa shape index (κ2) is 7.15. The molecule has 0 bridgehead atoms. The first-order chi connectivity index (χ1) is 11.2. The Labute approximate surface area is 141 Å². The van der Waals surface area contributed by atoms with Crippen molar-refractivity contribution in [1.82, 2.24) is 15.2 Å². The van der Waals surface area contributed by atoms with Gasteiger partial charge in [-0.1, -0.05) is 40.2 Å². The highest BCUT2D eigenvalue weighted by Gasteiger charge is 2.04. The Morgan fingerprint density at radius 3 is 2.78 bits per heavy atom. The largest absolute Gasteiger partial charge is 0.364 e. The molecule has 3 rings (SSSR count). The van der Waals surface area contributed by atoms with Crippen LogP contribution in [0.1, 0.15) is 5.56 Å². The van der Waals surface area contributed by atoms with Gasteiger partial charge in [-0.2, -0.15) is 10.1 Å².